The molecule has 0 unspecified atom stereocenters. The molecule has 0 saturated carbocycles. The van der Waals surface area contributed by atoms with E-state index in [2.05, 4.69) is 11.9 Å². The Balaban J connectivity index is 2.29. The minimum Gasteiger partial charge on any atom is -0.326 e. The lowest BCUT2D eigenvalue weighted by Gasteiger charge is -2.14. The van der Waals surface area contributed by atoms with Crippen molar-refractivity contribution in [1.29, 1.82) is 0 Å². The normalized spacial score (nSPS) is 32.0. The highest BCUT2D eigenvalue weighted by molar-refractivity contribution is 7.99. The van der Waals surface area contributed by atoms with Gasteiger partial charge in [-0.3, -0.25) is 0 Å². The first kappa shape index (κ1) is 7.38. The molecule has 0 bridgehead atoms. The molecule has 0 spiro atoms. The van der Waals surface area contributed by atoms with Crippen LogP contribution in [0.15, 0.2) is 0 Å². The Morgan fingerprint density at radius 3 is 3.22 bits per heavy atom. The van der Waals surface area contributed by atoms with Crippen LogP contribution in [0.4, 0.5) is 0 Å². The van der Waals surface area contributed by atoms with Crippen molar-refractivity contribution < 1.29 is 0 Å². The van der Waals surface area contributed by atoms with Gasteiger partial charge in [0.2, 0.25) is 0 Å². The first-order valence-corrected chi connectivity index (χ1v) is 4.46. The monoisotopic (exact) mass is 146 g/mol. The van der Waals surface area contributed by atoms with Crippen LogP contribution >= 0.6 is 11.8 Å². The van der Waals surface area contributed by atoms with Gasteiger partial charge >= 0.3 is 0 Å². The SMILES string of the molecule is CN1CCSC[C@@H](N)C1. The van der Waals surface area contributed by atoms with Gasteiger partial charge in [0.05, 0.1) is 0 Å². The van der Waals surface area contributed by atoms with E-state index in [4.69, 9.17) is 5.73 Å². The van der Waals surface area contributed by atoms with Crippen LogP contribution in [0.3, 0.4) is 0 Å². The van der Waals surface area contributed by atoms with Crippen molar-refractivity contribution in [2.24, 2.45) is 5.73 Å². The summed E-state index contributed by atoms with van der Waals surface area (Å²) in [6.07, 6.45) is 0. The fraction of sp³-hybridized carbons (Fsp3) is 1.00. The number of thioether (sulfide) groups is 1. The Labute approximate surface area is 60.8 Å². The maximum Gasteiger partial charge on any atom is 0.0259 e. The lowest BCUT2D eigenvalue weighted by Crippen LogP contribution is -2.35. The number of rotatable bonds is 0. The first-order chi connectivity index (χ1) is 4.29. The van der Waals surface area contributed by atoms with E-state index in [9.17, 15) is 0 Å². The Kier molecular flexibility index (Phi) is 2.82. The van der Waals surface area contributed by atoms with Crippen LogP contribution in [0.1, 0.15) is 0 Å². The molecule has 54 valence electrons. The summed E-state index contributed by atoms with van der Waals surface area (Å²) in [5, 5.41) is 0. The molecule has 1 rings (SSSR count). The van der Waals surface area contributed by atoms with Gasteiger partial charge in [-0.25, -0.2) is 0 Å². The van der Waals surface area contributed by atoms with Gasteiger partial charge in [-0.05, 0) is 7.05 Å². The molecule has 0 amide bonds. The highest BCUT2D eigenvalue weighted by Gasteiger charge is 2.10. The van der Waals surface area contributed by atoms with Gasteiger partial charge in [0.1, 0.15) is 0 Å². The van der Waals surface area contributed by atoms with Crippen molar-refractivity contribution in [2.45, 2.75) is 6.04 Å². The van der Waals surface area contributed by atoms with Gasteiger partial charge in [0, 0.05) is 30.6 Å². The van der Waals surface area contributed by atoms with E-state index in [0.29, 0.717) is 6.04 Å². The molecule has 0 aromatic rings. The zero-order valence-electron chi connectivity index (χ0n) is 5.84. The third kappa shape index (κ3) is 2.56. The van der Waals surface area contributed by atoms with E-state index in [-0.39, 0.29) is 0 Å². The fourth-order valence-electron chi connectivity index (χ4n) is 0.999. The van der Waals surface area contributed by atoms with Crippen LogP contribution in [0.5, 0.6) is 0 Å². The van der Waals surface area contributed by atoms with Gasteiger partial charge < -0.3 is 10.6 Å². The number of nitrogens with zero attached hydrogens (tertiary/aromatic N) is 1. The molecular formula is C6H14N2S. The molecule has 9 heavy (non-hydrogen) atoms. The molecule has 1 fully saturated rings. The highest BCUT2D eigenvalue weighted by Crippen LogP contribution is 2.07. The summed E-state index contributed by atoms with van der Waals surface area (Å²) in [6.45, 7) is 2.26. The zero-order valence-corrected chi connectivity index (χ0v) is 6.66. The second-order valence-electron chi connectivity index (χ2n) is 2.60. The van der Waals surface area contributed by atoms with Crippen LogP contribution in [0.2, 0.25) is 0 Å². The lowest BCUT2D eigenvalue weighted by atomic mass is 10.3. The third-order valence-corrected chi connectivity index (χ3v) is 2.63. The lowest BCUT2D eigenvalue weighted by molar-refractivity contribution is 0.343. The maximum absolute atomic E-state index is 5.76. The van der Waals surface area contributed by atoms with E-state index in [1.165, 1.54) is 12.3 Å². The van der Waals surface area contributed by atoms with Gasteiger partial charge in [0.25, 0.3) is 0 Å². The predicted octanol–water partition coefficient (Wildman–Crippen LogP) is -0.00770. The number of hydrogen-bond acceptors (Lipinski definition) is 3. The van der Waals surface area contributed by atoms with E-state index in [0.717, 1.165) is 12.3 Å². The van der Waals surface area contributed by atoms with Crippen LogP contribution in [-0.4, -0.2) is 42.6 Å². The molecule has 1 aliphatic rings. The van der Waals surface area contributed by atoms with E-state index < -0.39 is 0 Å². The number of nitrogens with two attached hydrogens (primary N) is 1. The molecule has 1 aliphatic heterocycles. The molecule has 2 nitrogen and oxygen atoms in total. The van der Waals surface area contributed by atoms with Crippen LogP contribution in [0, 0.1) is 0 Å². The molecule has 0 aliphatic carbocycles. The van der Waals surface area contributed by atoms with Crippen molar-refractivity contribution in [1.82, 2.24) is 4.90 Å². The van der Waals surface area contributed by atoms with Crippen LogP contribution in [-0.2, 0) is 0 Å². The minimum absolute atomic E-state index is 0.391. The largest absolute Gasteiger partial charge is 0.326 e. The van der Waals surface area contributed by atoms with Crippen molar-refractivity contribution in [3.05, 3.63) is 0 Å². The number of likely N-dealkylation sites (N-methyl/N-ethyl adjacent to an activating group) is 1. The summed E-state index contributed by atoms with van der Waals surface area (Å²) >= 11 is 1.96. The summed E-state index contributed by atoms with van der Waals surface area (Å²) in [6, 6.07) is 0.391. The summed E-state index contributed by atoms with van der Waals surface area (Å²) in [5.41, 5.74) is 5.76. The van der Waals surface area contributed by atoms with Gasteiger partial charge in [-0.2, -0.15) is 11.8 Å². The summed E-state index contributed by atoms with van der Waals surface area (Å²) in [4.78, 5) is 2.30. The van der Waals surface area contributed by atoms with E-state index in [1.54, 1.807) is 0 Å². The Bertz CT molecular complexity index is 77.1. The quantitative estimate of drug-likeness (QED) is 0.521. The van der Waals surface area contributed by atoms with E-state index in [1.807, 2.05) is 11.8 Å². The van der Waals surface area contributed by atoms with Crippen molar-refractivity contribution in [2.75, 3.05) is 31.6 Å². The second kappa shape index (κ2) is 3.44. The minimum atomic E-state index is 0.391. The summed E-state index contributed by atoms with van der Waals surface area (Å²) < 4.78 is 0. The average molecular weight is 146 g/mol. The molecular weight excluding hydrogens is 132 g/mol. The molecule has 1 saturated heterocycles. The molecule has 0 radical (unpaired) electrons. The highest BCUT2D eigenvalue weighted by atomic mass is 32.2. The second-order valence-corrected chi connectivity index (χ2v) is 3.75. The van der Waals surface area contributed by atoms with Crippen molar-refractivity contribution in [3.8, 4) is 0 Å². The predicted molar refractivity (Wildman–Crippen MR) is 42.8 cm³/mol. The maximum atomic E-state index is 5.76. The van der Waals surface area contributed by atoms with Crippen molar-refractivity contribution >= 4 is 11.8 Å². The Morgan fingerprint density at radius 2 is 2.44 bits per heavy atom. The molecule has 2 N–H and O–H groups in total. The third-order valence-electron chi connectivity index (χ3n) is 1.50. The molecule has 3 heteroatoms. The summed E-state index contributed by atoms with van der Waals surface area (Å²) in [5.74, 6) is 2.37. The van der Waals surface area contributed by atoms with Gasteiger partial charge in [-0.1, -0.05) is 0 Å². The fourth-order valence-corrected chi connectivity index (χ4v) is 2.02. The first-order valence-electron chi connectivity index (χ1n) is 3.31. The van der Waals surface area contributed by atoms with Crippen LogP contribution in [0.25, 0.3) is 0 Å². The van der Waals surface area contributed by atoms with Crippen molar-refractivity contribution in [3.63, 3.8) is 0 Å². The molecule has 0 aromatic carbocycles. The van der Waals surface area contributed by atoms with Crippen LogP contribution < -0.4 is 5.73 Å². The molecule has 1 heterocycles. The molecule has 1 atom stereocenters. The zero-order chi connectivity index (χ0) is 6.69. The topological polar surface area (TPSA) is 29.3 Å². The molecule has 0 aromatic heterocycles. The number of hydrogen-bond donors (Lipinski definition) is 1. The van der Waals surface area contributed by atoms with Gasteiger partial charge in [0.15, 0.2) is 0 Å². The van der Waals surface area contributed by atoms with E-state index >= 15 is 0 Å². The average Bonchev–Trinajstić information content (AvgIpc) is 1.93. The summed E-state index contributed by atoms with van der Waals surface area (Å²) in [7, 11) is 2.13. The standard InChI is InChI=1S/C6H14N2S/c1-8-2-3-9-5-6(7)4-8/h6H,2-5,7H2,1H3/t6-/m0/s1. The smallest absolute Gasteiger partial charge is 0.0259 e. The van der Waals surface area contributed by atoms with Gasteiger partial charge in [-0.15, -0.1) is 0 Å². The Morgan fingerprint density at radius 1 is 1.67 bits per heavy atom. The Hall–Kier alpha value is 0.270.